The SMILES string of the molecule is CC(C)(C)OC(=O)NCC(F)(F)CNCc1ccc(Br)cc1F. The number of hydrogen-bond acceptors (Lipinski definition) is 3. The fourth-order valence-corrected chi connectivity index (χ4v) is 1.96. The minimum absolute atomic E-state index is 0.0405. The van der Waals surface area contributed by atoms with E-state index in [1.165, 1.54) is 12.1 Å². The van der Waals surface area contributed by atoms with Gasteiger partial charge in [0.1, 0.15) is 11.4 Å². The van der Waals surface area contributed by atoms with Crippen LogP contribution in [0.5, 0.6) is 0 Å². The minimum Gasteiger partial charge on any atom is -0.444 e. The molecule has 4 nitrogen and oxygen atoms in total. The first-order valence-corrected chi connectivity index (χ1v) is 7.77. The van der Waals surface area contributed by atoms with Crippen molar-refractivity contribution >= 4 is 22.0 Å². The molecule has 0 bridgehead atoms. The minimum atomic E-state index is -3.18. The maximum absolute atomic E-state index is 13.7. The topological polar surface area (TPSA) is 50.4 Å². The first kappa shape index (κ1) is 19.8. The fourth-order valence-electron chi connectivity index (χ4n) is 1.62. The molecule has 2 N–H and O–H groups in total. The second kappa shape index (κ2) is 8.01. The van der Waals surface area contributed by atoms with E-state index in [1.807, 2.05) is 5.32 Å². The van der Waals surface area contributed by atoms with E-state index >= 15 is 0 Å². The molecule has 0 atom stereocenters. The molecule has 130 valence electrons. The van der Waals surface area contributed by atoms with Gasteiger partial charge in [0, 0.05) is 16.6 Å². The van der Waals surface area contributed by atoms with Crippen molar-refractivity contribution in [1.82, 2.24) is 10.6 Å². The van der Waals surface area contributed by atoms with Crippen LogP contribution < -0.4 is 10.6 Å². The molecule has 0 spiro atoms. The molecule has 0 saturated heterocycles. The van der Waals surface area contributed by atoms with E-state index in [0.29, 0.717) is 4.47 Å². The van der Waals surface area contributed by atoms with E-state index in [0.717, 1.165) is 0 Å². The monoisotopic (exact) mass is 396 g/mol. The summed E-state index contributed by atoms with van der Waals surface area (Å²) in [5.74, 6) is -3.66. The summed E-state index contributed by atoms with van der Waals surface area (Å²) in [6, 6.07) is 4.39. The number of nitrogens with one attached hydrogen (secondary N) is 2. The first-order valence-electron chi connectivity index (χ1n) is 6.98. The summed E-state index contributed by atoms with van der Waals surface area (Å²) in [5.41, 5.74) is -0.472. The van der Waals surface area contributed by atoms with Crippen molar-refractivity contribution in [2.24, 2.45) is 0 Å². The highest BCUT2D eigenvalue weighted by atomic mass is 79.9. The molecule has 0 unspecified atom stereocenters. The Morgan fingerprint density at radius 2 is 1.91 bits per heavy atom. The molecular formula is C15H20BrF3N2O2. The van der Waals surface area contributed by atoms with Gasteiger partial charge in [0.15, 0.2) is 0 Å². The molecule has 0 aliphatic rings. The van der Waals surface area contributed by atoms with Gasteiger partial charge in [-0.2, -0.15) is 0 Å². The molecule has 0 aliphatic carbocycles. The molecule has 8 heteroatoms. The summed E-state index contributed by atoms with van der Waals surface area (Å²) < 4.78 is 46.3. The van der Waals surface area contributed by atoms with Gasteiger partial charge in [-0.3, -0.25) is 0 Å². The van der Waals surface area contributed by atoms with Crippen molar-refractivity contribution in [3.63, 3.8) is 0 Å². The average Bonchev–Trinajstić information content (AvgIpc) is 2.37. The summed E-state index contributed by atoms with van der Waals surface area (Å²) in [4.78, 5) is 11.3. The summed E-state index contributed by atoms with van der Waals surface area (Å²) in [6.45, 7) is 3.31. The smallest absolute Gasteiger partial charge is 0.407 e. The van der Waals surface area contributed by atoms with Crippen molar-refractivity contribution in [2.45, 2.75) is 38.8 Å². The van der Waals surface area contributed by atoms with Crippen molar-refractivity contribution in [1.29, 1.82) is 0 Å². The van der Waals surface area contributed by atoms with Crippen molar-refractivity contribution in [3.05, 3.63) is 34.1 Å². The zero-order valence-corrected chi connectivity index (χ0v) is 14.8. The van der Waals surface area contributed by atoms with Crippen LogP contribution in [-0.2, 0) is 11.3 Å². The van der Waals surface area contributed by atoms with Gasteiger partial charge in [0.05, 0.1) is 13.1 Å². The largest absolute Gasteiger partial charge is 0.444 e. The Balaban J connectivity index is 2.39. The second-order valence-corrected chi connectivity index (χ2v) is 6.97. The van der Waals surface area contributed by atoms with Crippen molar-refractivity contribution in [3.8, 4) is 0 Å². The number of carbonyl (C=O) groups excluding carboxylic acids is 1. The van der Waals surface area contributed by atoms with Crippen molar-refractivity contribution in [2.75, 3.05) is 13.1 Å². The van der Waals surface area contributed by atoms with Crippen LogP contribution in [0.2, 0.25) is 0 Å². The molecule has 0 fully saturated rings. The number of hydrogen-bond donors (Lipinski definition) is 2. The third kappa shape index (κ3) is 8.22. The van der Waals surface area contributed by atoms with E-state index in [2.05, 4.69) is 21.2 Å². The molecule has 0 aliphatic heterocycles. The van der Waals surface area contributed by atoms with Crippen LogP contribution >= 0.6 is 15.9 Å². The lowest BCUT2D eigenvalue weighted by Gasteiger charge is -2.22. The molecule has 0 aromatic heterocycles. The molecule has 23 heavy (non-hydrogen) atoms. The molecule has 0 radical (unpaired) electrons. The molecule has 1 aromatic rings. The highest BCUT2D eigenvalue weighted by molar-refractivity contribution is 9.10. The van der Waals surface area contributed by atoms with Crippen LogP contribution in [0, 0.1) is 5.82 Å². The van der Waals surface area contributed by atoms with E-state index in [-0.39, 0.29) is 12.1 Å². The van der Waals surface area contributed by atoms with Crippen LogP contribution in [0.15, 0.2) is 22.7 Å². The standard InChI is InChI=1S/C15H20BrF3N2O2/c1-14(2,3)23-13(22)21-9-15(18,19)8-20-7-10-4-5-11(16)6-12(10)17/h4-6,20H,7-9H2,1-3H3,(H,21,22). The number of ether oxygens (including phenoxy) is 1. The van der Waals surface area contributed by atoms with Gasteiger partial charge in [0.25, 0.3) is 5.92 Å². The highest BCUT2D eigenvalue weighted by Gasteiger charge is 2.30. The number of alkyl carbamates (subject to hydrolysis) is 1. The maximum atomic E-state index is 13.7. The highest BCUT2D eigenvalue weighted by Crippen LogP contribution is 2.16. The second-order valence-electron chi connectivity index (χ2n) is 6.05. The summed E-state index contributed by atoms with van der Waals surface area (Å²) >= 11 is 3.12. The van der Waals surface area contributed by atoms with Gasteiger partial charge in [-0.25, -0.2) is 18.0 Å². The Labute approximate surface area is 141 Å². The number of alkyl halides is 2. The van der Waals surface area contributed by atoms with Gasteiger partial charge >= 0.3 is 6.09 Å². The zero-order valence-electron chi connectivity index (χ0n) is 13.2. The maximum Gasteiger partial charge on any atom is 0.407 e. The Morgan fingerprint density at radius 1 is 1.26 bits per heavy atom. The van der Waals surface area contributed by atoms with Crippen LogP contribution in [-0.4, -0.2) is 30.7 Å². The van der Waals surface area contributed by atoms with E-state index in [4.69, 9.17) is 4.74 Å². The van der Waals surface area contributed by atoms with Crippen molar-refractivity contribution < 1.29 is 22.7 Å². The summed E-state index contributed by atoms with van der Waals surface area (Å²) in [7, 11) is 0. The van der Waals surface area contributed by atoms with Crippen LogP contribution in [0.25, 0.3) is 0 Å². The first-order chi connectivity index (χ1) is 10.5. The lowest BCUT2D eigenvalue weighted by Crippen LogP contribution is -2.44. The fraction of sp³-hybridized carbons (Fsp3) is 0.533. The van der Waals surface area contributed by atoms with Gasteiger partial charge in [-0.05, 0) is 32.9 Å². The molecule has 1 aromatic carbocycles. The number of amides is 1. The number of rotatable bonds is 6. The predicted octanol–water partition coefficient (Wildman–Crippen LogP) is 3.84. The molecule has 0 heterocycles. The lowest BCUT2D eigenvalue weighted by molar-refractivity contribution is -0.00380. The van der Waals surface area contributed by atoms with Crippen LogP contribution in [0.4, 0.5) is 18.0 Å². The Bertz CT molecular complexity index is 548. The normalized spacial score (nSPS) is 12.1. The number of halogens is 4. The van der Waals surface area contributed by atoms with Gasteiger partial charge in [-0.1, -0.05) is 22.0 Å². The van der Waals surface area contributed by atoms with Gasteiger partial charge in [0.2, 0.25) is 0 Å². The molecular weight excluding hydrogens is 377 g/mol. The Morgan fingerprint density at radius 3 is 2.48 bits per heavy atom. The van der Waals surface area contributed by atoms with Gasteiger partial charge < -0.3 is 15.4 Å². The van der Waals surface area contributed by atoms with Gasteiger partial charge in [-0.15, -0.1) is 0 Å². The number of carbonyl (C=O) groups is 1. The summed E-state index contributed by atoms with van der Waals surface area (Å²) in [6.07, 6.45) is -0.906. The quantitative estimate of drug-likeness (QED) is 0.767. The Hall–Kier alpha value is -1.28. The predicted molar refractivity (Wildman–Crippen MR) is 85.0 cm³/mol. The molecule has 1 rings (SSSR count). The van der Waals surface area contributed by atoms with E-state index in [1.54, 1.807) is 26.8 Å². The van der Waals surface area contributed by atoms with Crippen LogP contribution in [0.3, 0.4) is 0 Å². The third-order valence-electron chi connectivity index (χ3n) is 2.60. The average molecular weight is 397 g/mol. The van der Waals surface area contributed by atoms with E-state index < -0.39 is 36.5 Å². The zero-order chi connectivity index (χ0) is 17.7. The molecule has 1 amide bonds. The Kier molecular flexibility index (Phi) is 6.88. The van der Waals surface area contributed by atoms with E-state index in [9.17, 15) is 18.0 Å². The third-order valence-corrected chi connectivity index (χ3v) is 3.10. The molecule has 0 saturated carbocycles. The lowest BCUT2D eigenvalue weighted by atomic mass is 10.2. The summed E-state index contributed by atoms with van der Waals surface area (Å²) in [5, 5.41) is 4.49. The van der Waals surface area contributed by atoms with Crippen LogP contribution in [0.1, 0.15) is 26.3 Å². The number of benzene rings is 1.